The van der Waals surface area contributed by atoms with Crippen molar-refractivity contribution in [2.24, 2.45) is 0 Å². The first kappa shape index (κ1) is 34.4. The summed E-state index contributed by atoms with van der Waals surface area (Å²) in [7, 11) is 0. The maximum absolute atomic E-state index is 13.7. The Morgan fingerprint density at radius 2 is 1.16 bits per heavy atom. The van der Waals surface area contributed by atoms with Gasteiger partial charge in [0.05, 0.1) is 0 Å². The summed E-state index contributed by atoms with van der Waals surface area (Å²) < 4.78 is 19.4. The second kappa shape index (κ2) is 16.8. The number of rotatable bonds is 12. The molecule has 0 aromatic heterocycles. The van der Waals surface area contributed by atoms with Crippen LogP contribution in [0.3, 0.4) is 0 Å². The molecule has 0 aliphatic heterocycles. The first-order chi connectivity index (χ1) is 24.9. The van der Waals surface area contributed by atoms with Crippen LogP contribution < -0.4 is 20.7 Å². The third-order valence-electron chi connectivity index (χ3n) is 7.52. The molecule has 6 aromatic carbocycles. The monoisotopic (exact) mass is 693 g/mol. The smallest absolute Gasteiger partial charge is 0.272 e. The lowest BCUT2D eigenvalue weighted by atomic mass is 10.1. The summed E-state index contributed by atoms with van der Waals surface area (Å²) in [5.74, 6) is -0.280. The van der Waals surface area contributed by atoms with Gasteiger partial charge in [-0.1, -0.05) is 78.9 Å². The standard InChI is InChI=1S/C42H32FN3O4S/c43-32-18-16-29(17-19-32)28-38(46-40(47)31-12-6-2-7-13-31)41(48)44-34-22-26-37(27-23-34)51-39(30-10-4-1-5-11-30)42(49)45-33-20-24-36(25-21-33)50-35-14-8-3-9-15-35/h1-28,39H,(H,44,48)(H,45,49)(H,46,47)/b38-28-. The third kappa shape index (κ3) is 9.81. The Labute approximate surface area is 299 Å². The molecule has 0 heterocycles. The number of carbonyl (C=O) groups is 3. The van der Waals surface area contributed by atoms with Crippen molar-refractivity contribution in [2.75, 3.05) is 10.6 Å². The molecule has 0 bridgehead atoms. The third-order valence-corrected chi connectivity index (χ3v) is 8.78. The number of ether oxygens (including phenoxy) is 1. The zero-order valence-corrected chi connectivity index (χ0v) is 28.0. The van der Waals surface area contributed by atoms with Crippen LogP contribution in [0.2, 0.25) is 0 Å². The van der Waals surface area contributed by atoms with Gasteiger partial charge >= 0.3 is 0 Å². The summed E-state index contributed by atoms with van der Waals surface area (Å²) in [6, 6.07) is 47.3. The average molecular weight is 694 g/mol. The van der Waals surface area contributed by atoms with Gasteiger partial charge in [0.15, 0.2) is 0 Å². The Kier molecular flexibility index (Phi) is 11.3. The van der Waals surface area contributed by atoms with E-state index in [0.717, 1.165) is 16.2 Å². The van der Waals surface area contributed by atoms with Crippen molar-refractivity contribution in [3.05, 3.63) is 192 Å². The van der Waals surface area contributed by atoms with E-state index in [0.29, 0.717) is 28.3 Å². The molecule has 0 aliphatic carbocycles. The second-order valence-electron chi connectivity index (χ2n) is 11.2. The molecule has 9 heteroatoms. The van der Waals surface area contributed by atoms with Gasteiger partial charge < -0.3 is 20.7 Å². The molecule has 6 aromatic rings. The Morgan fingerprint density at radius 1 is 0.608 bits per heavy atom. The van der Waals surface area contributed by atoms with E-state index in [-0.39, 0.29) is 11.6 Å². The molecule has 0 spiro atoms. The fraction of sp³-hybridized carbons (Fsp3) is 0.0238. The summed E-state index contributed by atoms with van der Waals surface area (Å²) in [5, 5.41) is 7.94. The molecular formula is C42H32FN3O4S. The number of hydrogen-bond acceptors (Lipinski definition) is 5. The maximum atomic E-state index is 13.7. The number of benzene rings is 6. The molecule has 0 aliphatic rings. The summed E-state index contributed by atoms with van der Waals surface area (Å²) in [4.78, 5) is 40.8. The number of carbonyl (C=O) groups excluding carboxylic acids is 3. The van der Waals surface area contributed by atoms with Gasteiger partial charge in [0.2, 0.25) is 5.91 Å². The van der Waals surface area contributed by atoms with Crippen LogP contribution in [-0.2, 0) is 9.59 Å². The predicted octanol–water partition coefficient (Wildman–Crippen LogP) is 9.50. The molecule has 3 amide bonds. The van der Waals surface area contributed by atoms with E-state index in [1.54, 1.807) is 66.7 Å². The van der Waals surface area contributed by atoms with Crippen LogP contribution in [0.15, 0.2) is 174 Å². The fourth-order valence-electron chi connectivity index (χ4n) is 4.96. The predicted molar refractivity (Wildman–Crippen MR) is 200 cm³/mol. The minimum absolute atomic E-state index is 0.0191. The summed E-state index contributed by atoms with van der Waals surface area (Å²) in [5.41, 5.74) is 2.82. The van der Waals surface area contributed by atoms with Crippen LogP contribution in [-0.4, -0.2) is 17.7 Å². The van der Waals surface area contributed by atoms with Crippen LogP contribution in [0.1, 0.15) is 26.7 Å². The lowest BCUT2D eigenvalue weighted by Crippen LogP contribution is -2.30. The van der Waals surface area contributed by atoms with Crippen LogP contribution in [0.4, 0.5) is 15.8 Å². The maximum Gasteiger partial charge on any atom is 0.272 e. The van der Waals surface area contributed by atoms with Crippen molar-refractivity contribution in [2.45, 2.75) is 10.1 Å². The van der Waals surface area contributed by atoms with Crippen molar-refractivity contribution in [1.29, 1.82) is 0 Å². The lowest BCUT2D eigenvalue weighted by Gasteiger charge is -2.18. The molecule has 1 unspecified atom stereocenters. The Bertz CT molecular complexity index is 2110. The molecule has 3 N–H and O–H groups in total. The largest absolute Gasteiger partial charge is 0.457 e. The zero-order valence-electron chi connectivity index (χ0n) is 27.2. The zero-order chi connectivity index (χ0) is 35.4. The molecule has 0 fully saturated rings. The second-order valence-corrected chi connectivity index (χ2v) is 12.4. The van der Waals surface area contributed by atoms with Crippen molar-refractivity contribution in [1.82, 2.24) is 5.32 Å². The molecule has 252 valence electrons. The summed E-state index contributed by atoms with van der Waals surface area (Å²) in [6.45, 7) is 0. The SMILES string of the molecule is O=C(Nc1ccc(SC(C(=O)Nc2ccc(Oc3ccccc3)cc2)c2ccccc2)cc1)/C(=C/c1ccc(F)cc1)NC(=O)c1ccccc1. The van der Waals surface area contributed by atoms with Crippen LogP contribution >= 0.6 is 11.8 Å². The Balaban J connectivity index is 1.14. The topological polar surface area (TPSA) is 96.5 Å². The Morgan fingerprint density at radius 3 is 1.80 bits per heavy atom. The molecule has 1 atom stereocenters. The van der Waals surface area contributed by atoms with Crippen LogP contribution in [0, 0.1) is 5.82 Å². The van der Waals surface area contributed by atoms with E-state index < -0.39 is 22.9 Å². The van der Waals surface area contributed by atoms with E-state index in [4.69, 9.17) is 4.74 Å². The lowest BCUT2D eigenvalue weighted by molar-refractivity contribution is -0.116. The molecule has 0 saturated carbocycles. The number of anilines is 2. The van der Waals surface area contributed by atoms with Crippen molar-refractivity contribution < 1.29 is 23.5 Å². The minimum Gasteiger partial charge on any atom is -0.457 e. The fourth-order valence-corrected chi connectivity index (χ4v) is 5.98. The number of hydrogen-bond donors (Lipinski definition) is 3. The minimum atomic E-state index is -0.578. The van der Waals surface area contributed by atoms with Crippen molar-refractivity contribution >= 4 is 46.9 Å². The number of nitrogens with one attached hydrogen (secondary N) is 3. The molecule has 0 saturated heterocycles. The van der Waals surface area contributed by atoms with Crippen molar-refractivity contribution in [3.63, 3.8) is 0 Å². The number of amides is 3. The van der Waals surface area contributed by atoms with Gasteiger partial charge in [0.25, 0.3) is 11.8 Å². The van der Waals surface area contributed by atoms with E-state index in [2.05, 4.69) is 16.0 Å². The molecule has 0 radical (unpaired) electrons. The number of thioether (sulfide) groups is 1. The van der Waals surface area contributed by atoms with Crippen LogP contribution in [0.25, 0.3) is 6.08 Å². The van der Waals surface area contributed by atoms with E-state index in [9.17, 15) is 18.8 Å². The highest BCUT2D eigenvalue weighted by atomic mass is 32.2. The highest BCUT2D eigenvalue weighted by molar-refractivity contribution is 8.00. The number of para-hydroxylation sites is 1. The highest BCUT2D eigenvalue weighted by Gasteiger charge is 2.23. The van der Waals surface area contributed by atoms with Gasteiger partial charge in [-0.05, 0) is 102 Å². The molecular weight excluding hydrogens is 662 g/mol. The number of halogens is 1. The Hall–Kier alpha value is -6.45. The van der Waals surface area contributed by atoms with E-state index in [1.807, 2.05) is 72.8 Å². The summed E-state index contributed by atoms with van der Waals surface area (Å²) in [6.07, 6.45) is 1.48. The normalized spacial score (nSPS) is 11.6. The van der Waals surface area contributed by atoms with Gasteiger partial charge in [-0.3, -0.25) is 14.4 Å². The summed E-state index contributed by atoms with van der Waals surface area (Å²) >= 11 is 1.37. The molecule has 51 heavy (non-hydrogen) atoms. The van der Waals surface area contributed by atoms with Gasteiger partial charge in [0.1, 0.15) is 28.3 Å². The van der Waals surface area contributed by atoms with Gasteiger partial charge in [0, 0.05) is 21.8 Å². The van der Waals surface area contributed by atoms with Crippen LogP contribution in [0.5, 0.6) is 11.5 Å². The van der Waals surface area contributed by atoms with Gasteiger partial charge in [-0.2, -0.15) is 0 Å². The average Bonchev–Trinajstić information content (AvgIpc) is 3.17. The molecule has 7 nitrogen and oxygen atoms in total. The van der Waals surface area contributed by atoms with Crippen molar-refractivity contribution in [3.8, 4) is 11.5 Å². The van der Waals surface area contributed by atoms with E-state index >= 15 is 0 Å². The first-order valence-corrected chi connectivity index (χ1v) is 16.9. The highest BCUT2D eigenvalue weighted by Crippen LogP contribution is 2.37. The first-order valence-electron chi connectivity index (χ1n) is 16.0. The van der Waals surface area contributed by atoms with Gasteiger partial charge in [-0.15, -0.1) is 11.8 Å². The van der Waals surface area contributed by atoms with E-state index in [1.165, 1.54) is 42.1 Å². The van der Waals surface area contributed by atoms with Gasteiger partial charge in [-0.25, -0.2) is 4.39 Å². The molecule has 6 rings (SSSR count). The quantitative estimate of drug-likeness (QED) is 0.0877.